The second kappa shape index (κ2) is 11.4. The molecule has 13 heteroatoms. The van der Waals surface area contributed by atoms with Gasteiger partial charge in [0.05, 0.1) is 16.8 Å². The van der Waals surface area contributed by atoms with Crippen LogP contribution in [0.25, 0.3) is 0 Å². The number of piperidine rings is 1. The molecule has 0 aliphatic carbocycles. The fourth-order valence-electron chi connectivity index (χ4n) is 4.89. The number of alkyl halides is 6. The average Bonchev–Trinajstić information content (AvgIpc) is 3.11. The molecular weight excluding hydrogens is 546 g/mol. The molecule has 39 heavy (non-hydrogen) atoms. The van der Waals surface area contributed by atoms with E-state index in [2.05, 4.69) is 15.2 Å². The molecule has 4 heterocycles. The van der Waals surface area contributed by atoms with Crippen LogP contribution in [0.15, 0.2) is 42.6 Å². The normalized spacial score (nSPS) is 16.3. The quantitative estimate of drug-likeness (QED) is 0.352. The summed E-state index contributed by atoms with van der Waals surface area (Å²) in [5.74, 6) is 0.837. The standard InChI is InChI=1S/C26H26F6N6.ClH/c27-25(28,29)17-6-8-18(9-7-17)34-22-19-10-15-37(23-20(26(30,31)32)5-4-12-33-23)16-11-21(19)35-24(36-22)38-13-2-1-3-14-38;/h4-9,12H,1-3,10-11,13-16H2,(H,34,35,36);1H. The number of rotatable bonds is 4. The number of nitrogens with one attached hydrogen (secondary N) is 1. The first-order chi connectivity index (χ1) is 18.1. The molecule has 6 nitrogen and oxygen atoms in total. The Bertz CT molecular complexity index is 1280. The van der Waals surface area contributed by atoms with Gasteiger partial charge in [-0.25, -0.2) is 9.97 Å². The molecule has 210 valence electrons. The molecule has 1 saturated heterocycles. The second-order valence-corrected chi connectivity index (χ2v) is 9.40. The summed E-state index contributed by atoms with van der Waals surface area (Å²) in [4.78, 5) is 17.3. The molecule has 0 radical (unpaired) electrons. The van der Waals surface area contributed by atoms with E-state index >= 15 is 0 Å². The lowest BCUT2D eigenvalue weighted by Gasteiger charge is -2.28. The first-order valence-corrected chi connectivity index (χ1v) is 12.5. The van der Waals surface area contributed by atoms with E-state index in [0.717, 1.165) is 56.1 Å². The van der Waals surface area contributed by atoms with E-state index in [9.17, 15) is 26.3 Å². The first-order valence-electron chi connectivity index (χ1n) is 12.5. The summed E-state index contributed by atoms with van der Waals surface area (Å²) >= 11 is 0. The summed E-state index contributed by atoms with van der Waals surface area (Å²) in [7, 11) is 0. The van der Waals surface area contributed by atoms with Crippen molar-refractivity contribution in [3.8, 4) is 0 Å². The molecule has 1 aromatic carbocycles. The topological polar surface area (TPSA) is 57.2 Å². The molecule has 0 amide bonds. The number of hydrogen-bond donors (Lipinski definition) is 1. The predicted molar refractivity (Wildman–Crippen MR) is 139 cm³/mol. The van der Waals surface area contributed by atoms with Crippen molar-refractivity contribution in [1.82, 2.24) is 15.0 Å². The smallest absolute Gasteiger partial charge is 0.355 e. The number of anilines is 4. The van der Waals surface area contributed by atoms with Gasteiger partial charge < -0.3 is 15.1 Å². The summed E-state index contributed by atoms with van der Waals surface area (Å²) in [6.45, 7) is 2.10. The molecule has 0 bridgehead atoms. The van der Waals surface area contributed by atoms with Crippen LogP contribution in [0, 0.1) is 0 Å². The van der Waals surface area contributed by atoms with Crippen LogP contribution in [0.2, 0.25) is 0 Å². The Hall–Kier alpha value is -3.28. The van der Waals surface area contributed by atoms with Crippen LogP contribution in [0.4, 0.5) is 49.6 Å². The molecular formula is C26H27ClF6N6. The Morgan fingerprint density at radius 3 is 2.10 bits per heavy atom. The van der Waals surface area contributed by atoms with Gasteiger partial charge >= 0.3 is 12.4 Å². The van der Waals surface area contributed by atoms with Gasteiger partial charge in [-0.1, -0.05) is 0 Å². The van der Waals surface area contributed by atoms with E-state index in [0.29, 0.717) is 36.0 Å². The minimum absolute atomic E-state index is 0. The van der Waals surface area contributed by atoms with Crippen molar-refractivity contribution >= 4 is 35.7 Å². The summed E-state index contributed by atoms with van der Waals surface area (Å²) in [5.41, 5.74) is 0.312. The molecule has 2 aromatic heterocycles. The van der Waals surface area contributed by atoms with E-state index < -0.39 is 23.5 Å². The fourth-order valence-corrected chi connectivity index (χ4v) is 4.89. The van der Waals surface area contributed by atoms with Crippen molar-refractivity contribution in [3.63, 3.8) is 0 Å². The van der Waals surface area contributed by atoms with Crippen LogP contribution in [0.3, 0.4) is 0 Å². The van der Waals surface area contributed by atoms with Gasteiger partial charge in [0.15, 0.2) is 0 Å². The van der Waals surface area contributed by atoms with Crippen LogP contribution >= 0.6 is 12.4 Å². The third-order valence-electron chi connectivity index (χ3n) is 6.84. The van der Waals surface area contributed by atoms with Crippen molar-refractivity contribution in [1.29, 1.82) is 0 Å². The fraction of sp³-hybridized carbons (Fsp3) is 0.423. The third-order valence-corrected chi connectivity index (χ3v) is 6.84. The molecule has 0 atom stereocenters. The Labute approximate surface area is 227 Å². The van der Waals surface area contributed by atoms with Crippen molar-refractivity contribution in [2.45, 2.75) is 44.5 Å². The van der Waals surface area contributed by atoms with Gasteiger partial charge in [0.25, 0.3) is 0 Å². The summed E-state index contributed by atoms with van der Waals surface area (Å²) in [6.07, 6.45) is -3.84. The molecule has 2 aliphatic rings. The van der Waals surface area contributed by atoms with E-state index in [4.69, 9.17) is 9.97 Å². The van der Waals surface area contributed by atoms with Crippen LogP contribution < -0.4 is 15.1 Å². The highest BCUT2D eigenvalue weighted by Crippen LogP contribution is 2.37. The molecule has 1 fully saturated rings. The molecule has 0 spiro atoms. The lowest BCUT2D eigenvalue weighted by Crippen LogP contribution is -2.31. The Kier molecular flexibility index (Phi) is 8.43. The zero-order valence-electron chi connectivity index (χ0n) is 20.8. The summed E-state index contributed by atoms with van der Waals surface area (Å²) < 4.78 is 80.1. The summed E-state index contributed by atoms with van der Waals surface area (Å²) in [6, 6.07) is 6.95. The molecule has 1 N–H and O–H groups in total. The van der Waals surface area contributed by atoms with Gasteiger partial charge in [0.2, 0.25) is 5.95 Å². The summed E-state index contributed by atoms with van der Waals surface area (Å²) in [5, 5.41) is 3.15. The van der Waals surface area contributed by atoms with Crippen LogP contribution in [0.5, 0.6) is 0 Å². The molecule has 0 unspecified atom stereocenters. The lowest BCUT2D eigenvalue weighted by atomic mass is 10.1. The van der Waals surface area contributed by atoms with Crippen molar-refractivity contribution in [2.24, 2.45) is 0 Å². The average molecular weight is 573 g/mol. The van der Waals surface area contributed by atoms with E-state index in [-0.39, 0.29) is 31.3 Å². The number of halogens is 7. The monoisotopic (exact) mass is 572 g/mol. The lowest BCUT2D eigenvalue weighted by molar-refractivity contribution is -0.138. The maximum Gasteiger partial charge on any atom is 0.419 e. The Morgan fingerprint density at radius 1 is 0.744 bits per heavy atom. The SMILES string of the molecule is Cl.FC(F)(F)c1ccc(Nc2nc(N3CCCCC3)nc3c2CCN(c2ncccc2C(F)(F)F)CC3)cc1. The van der Waals surface area contributed by atoms with Crippen molar-refractivity contribution in [3.05, 3.63) is 65.0 Å². The largest absolute Gasteiger partial charge is 0.419 e. The molecule has 0 saturated carbocycles. The molecule has 2 aliphatic heterocycles. The highest BCUT2D eigenvalue weighted by atomic mass is 35.5. The van der Waals surface area contributed by atoms with E-state index in [1.807, 2.05) is 0 Å². The molecule has 3 aromatic rings. The second-order valence-electron chi connectivity index (χ2n) is 9.40. The number of benzene rings is 1. The zero-order chi connectivity index (χ0) is 26.9. The van der Waals surface area contributed by atoms with Gasteiger partial charge in [-0.2, -0.15) is 31.3 Å². The Balaban J connectivity index is 0.00000353. The van der Waals surface area contributed by atoms with Crippen molar-refractivity contribution < 1.29 is 26.3 Å². The van der Waals surface area contributed by atoms with E-state index in [1.54, 1.807) is 4.90 Å². The van der Waals surface area contributed by atoms with Gasteiger partial charge in [-0.3, -0.25) is 0 Å². The van der Waals surface area contributed by atoms with Gasteiger partial charge in [-0.15, -0.1) is 12.4 Å². The maximum atomic E-state index is 13.7. The number of nitrogens with zero attached hydrogens (tertiary/aromatic N) is 5. The van der Waals surface area contributed by atoms with Crippen LogP contribution in [-0.4, -0.2) is 41.1 Å². The Morgan fingerprint density at radius 2 is 1.44 bits per heavy atom. The third kappa shape index (κ3) is 6.48. The number of fused-ring (bicyclic) bond motifs is 1. The van der Waals surface area contributed by atoms with Crippen molar-refractivity contribution in [2.75, 3.05) is 41.3 Å². The number of pyridine rings is 1. The highest BCUT2D eigenvalue weighted by Gasteiger charge is 2.36. The predicted octanol–water partition coefficient (Wildman–Crippen LogP) is 6.67. The minimum atomic E-state index is -4.54. The maximum absolute atomic E-state index is 13.7. The van der Waals surface area contributed by atoms with Crippen LogP contribution in [0.1, 0.15) is 41.6 Å². The van der Waals surface area contributed by atoms with E-state index in [1.165, 1.54) is 24.4 Å². The number of aromatic nitrogens is 3. The van der Waals surface area contributed by atoms with Crippen LogP contribution in [-0.2, 0) is 25.2 Å². The minimum Gasteiger partial charge on any atom is -0.355 e. The zero-order valence-corrected chi connectivity index (χ0v) is 21.6. The van der Waals surface area contributed by atoms with Gasteiger partial charge in [0.1, 0.15) is 11.6 Å². The van der Waals surface area contributed by atoms with Gasteiger partial charge in [-0.05, 0) is 62.1 Å². The first kappa shape index (κ1) is 28.7. The number of hydrogen-bond acceptors (Lipinski definition) is 6. The molecule has 5 rings (SSSR count). The van der Waals surface area contributed by atoms with Gasteiger partial charge in [0, 0.05) is 50.0 Å². The highest BCUT2D eigenvalue weighted by molar-refractivity contribution is 5.85.